The van der Waals surface area contributed by atoms with Crippen LogP contribution in [0.3, 0.4) is 0 Å². The first-order chi connectivity index (χ1) is 6.08. The molecule has 76 valence electrons. The lowest BCUT2D eigenvalue weighted by Crippen LogP contribution is -2.46. The molecule has 0 aliphatic heterocycles. The van der Waals surface area contributed by atoms with Crippen LogP contribution in [-0.4, -0.2) is 34.4 Å². The highest BCUT2D eigenvalue weighted by Crippen LogP contribution is 2.19. The Hall–Kier alpha value is -0.610. The van der Waals surface area contributed by atoms with E-state index in [2.05, 4.69) is 5.32 Å². The average molecular weight is 187 g/mol. The van der Waals surface area contributed by atoms with Crippen molar-refractivity contribution in [2.24, 2.45) is 0 Å². The predicted molar refractivity (Wildman–Crippen MR) is 48.1 cm³/mol. The molecule has 4 heteroatoms. The van der Waals surface area contributed by atoms with Crippen molar-refractivity contribution in [2.45, 2.75) is 50.9 Å². The average Bonchev–Trinajstić information content (AvgIpc) is 1.98. The molecule has 1 saturated carbocycles. The van der Waals surface area contributed by atoms with Crippen LogP contribution >= 0.6 is 0 Å². The molecule has 1 fully saturated rings. The summed E-state index contributed by atoms with van der Waals surface area (Å²) in [5.74, 6) is -0.0298. The Kier molecular flexibility index (Phi) is 3.69. The summed E-state index contributed by atoms with van der Waals surface area (Å²) < 4.78 is 0. The molecule has 0 saturated heterocycles. The Balaban J connectivity index is 2.05. The lowest BCUT2D eigenvalue weighted by molar-refractivity contribution is -0.123. The monoisotopic (exact) mass is 187 g/mol. The van der Waals surface area contributed by atoms with Gasteiger partial charge in [0.25, 0.3) is 0 Å². The Bertz CT molecular complexity index is 176. The molecule has 1 atom stereocenters. The van der Waals surface area contributed by atoms with Gasteiger partial charge in [-0.05, 0) is 26.2 Å². The molecule has 0 aromatic rings. The molecule has 0 aromatic heterocycles. The van der Waals surface area contributed by atoms with E-state index in [0.717, 1.165) is 0 Å². The molecule has 1 amide bonds. The van der Waals surface area contributed by atoms with Crippen LogP contribution < -0.4 is 5.32 Å². The van der Waals surface area contributed by atoms with Gasteiger partial charge in [0.15, 0.2) is 0 Å². The number of aliphatic hydroxyl groups excluding tert-OH is 2. The van der Waals surface area contributed by atoms with Crippen LogP contribution in [0.1, 0.15) is 32.6 Å². The van der Waals surface area contributed by atoms with Gasteiger partial charge in [-0.15, -0.1) is 0 Å². The van der Waals surface area contributed by atoms with Crippen LogP contribution in [0, 0.1) is 0 Å². The zero-order valence-electron chi connectivity index (χ0n) is 7.86. The van der Waals surface area contributed by atoms with Crippen molar-refractivity contribution in [3.63, 3.8) is 0 Å². The molecular formula is C9H17NO3. The number of carbonyl (C=O) groups excluding carboxylic acids is 1. The molecular weight excluding hydrogens is 170 g/mol. The lowest BCUT2D eigenvalue weighted by Gasteiger charge is -2.31. The maximum atomic E-state index is 11.2. The van der Waals surface area contributed by atoms with Crippen molar-refractivity contribution < 1.29 is 15.0 Å². The van der Waals surface area contributed by atoms with E-state index in [0.29, 0.717) is 25.7 Å². The van der Waals surface area contributed by atoms with Gasteiger partial charge in [0, 0.05) is 12.5 Å². The normalized spacial score (nSPS) is 29.2. The number of rotatable bonds is 4. The number of nitrogens with one attached hydrogen (secondary N) is 1. The fraction of sp³-hybridized carbons (Fsp3) is 0.889. The second-order valence-corrected chi connectivity index (χ2v) is 3.78. The zero-order valence-corrected chi connectivity index (χ0v) is 7.86. The Labute approximate surface area is 78.0 Å². The molecule has 1 rings (SSSR count). The molecule has 0 heterocycles. The molecule has 1 unspecified atom stereocenters. The summed E-state index contributed by atoms with van der Waals surface area (Å²) in [5.41, 5.74) is 0. The van der Waals surface area contributed by atoms with Crippen molar-refractivity contribution in [2.75, 3.05) is 0 Å². The number of carbonyl (C=O) groups is 1. The second-order valence-electron chi connectivity index (χ2n) is 3.78. The highest BCUT2D eigenvalue weighted by Gasteiger charge is 2.28. The van der Waals surface area contributed by atoms with Gasteiger partial charge in [0.1, 0.15) is 0 Å². The van der Waals surface area contributed by atoms with E-state index in [-0.39, 0.29) is 18.1 Å². The van der Waals surface area contributed by atoms with Gasteiger partial charge in [0.2, 0.25) is 5.91 Å². The van der Waals surface area contributed by atoms with E-state index in [1.807, 2.05) is 0 Å². The van der Waals surface area contributed by atoms with Gasteiger partial charge in [-0.3, -0.25) is 4.79 Å². The number of hydrogen-bond acceptors (Lipinski definition) is 3. The zero-order chi connectivity index (χ0) is 9.84. The highest BCUT2D eigenvalue weighted by molar-refractivity contribution is 5.76. The highest BCUT2D eigenvalue weighted by atomic mass is 16.3. The molecule has 3 N–H and O–H groups in total. The molecule has 0 bridgehead atoms. The van der Waals surface area contributed by atoms with E-state index in [1.54, 1.807) is 6.92 Å². The summed E-state index contributed by atoms with van der Waals surface area (Å²) in [6.45, 7) is 1.67. The summed E-state index contributed by atoms with van der Waals surface area (Å²) in [4.78, 5) is 11.2. The van der Waals surface area contributed by atoms with E-state index >= 15 is 0 Å². The lowest BCUT2D eigenvalue weighted by atomic mass is 9.89. The fourth-order valence-electron chi connectivity index (χ4n) is 1.35. The van der Waals surface area contributed by atoms with Crippen molar-refractivity contribution >= 4 is 5.91 Å². The minimum Gasteiger partial charge on any atom is -0.393 e. The second kappa shape index (κ2) is 4.58. The van der Waals surface area contributed by atoms with Gasteiger partial charge >= 0.3 is 0 Å². The Morgan fingerprint density at radius 1 is 1.62 bits per heavy atom. The molecule has 0 spiro atoms. The molecule has 4 nitrogen and oxygen atoms in total. The summed E-state index contributed by atoms with van der Waals surface area (Å²) in [6, 6.07) is 0.150. The SMILES string of the molecule is CC(O)CCC(=O)NC1CC(O)C1. The van der Waals surface area contributed by atoms with Gasteiger partial charge in [-0.2, -0.15) is 0 Å². The topological polar surface area (TPSA) is 69.6 Å². The third-order valence-corrected chi connectivity index (χ3v) is 2.27. The Morgan fingerprint density at radius 3 is 2.69 bits per heavy atom. The minimum absolute atomic E-state index is 0.0298. The summed E-state index contributed by atoms with van der Waals surface area (Å²) in [6.07, 6.45) is 1.55. The Morgan fingerprint density at radius 2 is 2.23 bits per heavy atom. The maximum Gasteiger partial charge on any atom is 0.220 e. The minimum atomic E-state index is -0.419. The molecule has 13 heavy (non-hydrogen) atoms. The van der Waals surface area contributed by atoms with Gasteiger partial charge in [-0.1, -0.05) is 0 Å². The quantitative estimate of drug-likeness (QED) is 0.570. The number of hydrogen-bond donors (Lipinski definition) is 3. The van der Waals surface area contributed by atoms with E-state index in [1.165, 1.54) is 0 Å². The van der Waals surface area contributed by atoms with Crippen LogP contribution in [0.5, 0.6) is 0 Å². The van der Waals surface area contributed by atoms with Crippen molar-refractivity contribution in [1.29, 1.82) is 0 Å². The first-order valence-corrected chi connectivity index (χ1v) is 4.73. The van der Waals surface area contributed by atoms with Crippen LogP contribution in [0.4, 0.5) is 0 Å². The predicted octanol–water partition coefficient (Wildman–Crippen LogP) is -0.213. The standard InChI is InChI=1S/C9H17NO3/c1-6(11)2-3-9(13)10-7-4-8(12)5-7/h6-8,11-12H,2-5H2,1H3,(H,10,13). The van der Waals surface area contributed by atoms with Gasteiger partial charge in [0.05, 0.1) is 12.2 Å². The summed E-state index contributed by atoms with van der Waals surface area (Å²) in [7, 11) is 0. The van der Waals surface area contributed by atoms with Crippen LogP contribution in [0.25, 0.3) is 0 Å². The van der Waals surface area contributed by atoms with E-state index in [9.17, 15) is 4.79 Å². The summed E-state index contributed by atoms with van der Waals surface area (Å²) >= 11 is 0. The molecule has 0 aromatic carbocycles. The summed E-state index contributed by atoms with van der Waals surface area (Å²) in [5, 5.41) is 20.7. The first kappa shape index (κ1) is 10.5. The van der Waals surface area contributed by atoms with Crippen LogP contribution in [0.15, 0.2) is 0 Å². The molecule has 0 radical (unpaired) electrons. The fourth-order valence-corrected chi connectivity index (χ4v) is 1.35. The number of aliphatic hydroxyl groups is 2. The van der Waals surface area contributed by atoms with E-state index < -0.39 is 6.10 Å². The maximum absolute atomic E-state index is 11.2. The molecule has 1 aliphatic rings. The molecule has 1 aliphatic carbocycles. The third kappa shape index (κ3) is 3.74. The van der Waals surface area contributed by atoms with Crippen LogP contribution in [-0.2, 0) is 4.79 Å². The third-order valence-electron chi connectivity index (χ3n) is 2.27. The van der Waals surface area contributed by atoms with E-state index in [4.69, 9.17) is 10.2 Å². The van der Waals surface area contributed by atoms with Gasteiger partial charge in [-0.25, -0.2) is 0 Å². The smallest absolute Gasteiger partial charge is 0.220 e. The first-order valence-electron chi connectivity index (χ1n) is 4.73. The number of amides is 1. The largest absolute Gasteiger partial charge is 0.393 e. The van der Waals surface area contributed by atoms with Gasteiger partial charge < -0.3 is 15.5 Å². The van der Waals surface area contributed by atoms with Crippen molar-refractivity contribution in [3.8, 4) is 0 Å². The van der Waals surface area contributed by atoms with Crippen molar-refractivity contribution in [1.82, 2.24) is 5.32 Å². The van der Waals surface area contributed by atoms with Crippen molar-refractivity contribution in [3.05, 3.63) is 0 Å². The van der Waals surface area contributed by atoms with Crippen LogP contribution in [0.2, 0.25) is 0 Å².